The number of nitrogens with one attached hydrogen (secondary N) is 1. The lowest BCUT2D eigenvalue weighted by Gasteiger charge is -2.14. The van der Waals surface area contributed by atoms with Crippen molar-refractivity contribution in [2.75, 3.05) is 4.72 Å². The maximum absolute atomic E-state index is 13.3. The molecule has 3 nitrogen and oxygen atoms in total. The van der Waals surface area contributed by atoms with Gasteiger partial charge in [-0.3, -0.25) is 4.72 Å². The van der Waals surface area contributed by atoms with E-state index in [0.29, 0.717) is 6.42 Å². The lowest BCUT2D eigenvalue weighted by Crippen LogP contribution is -2.14. The van der Waals surface area contributed by atoms with Crippen LogP contribution in [0.2, 0.25) is 0 Å². The molecule has 0 aliphatic heterocycles. The smallest absolute Gasteiger partial charge is 0.274 e. The third kappa shape index (κ3) is 4.41. The van der Waals surface area contributed by atoms with Gasteiger partial charge in [-0.2, -0.15) is 8.78 Å². The maximum atomic E-state index is 13.3. The quantitative estimate of drug-likeness (QED) is 0.737. The van der Waals surface area contributed by atoms with Crippen molar-refractivity contribution < 1.29 is 17.2 Å². The van der Waals surface area contributed by atoms with Crippen LogP contribution in [-0.2, 0) is 10.0 Å². The summed E-state index contributed by atoms with van der Waals surface area (Å²) in [5.74, 6) is 0. The van der Waals surface area contributed by atoms with E-state index in [1.165, 1.54) is 24.3 Å². The van der Waals surface area contributed by atoms with Gasteiger partial charge in [0.15, 0.2) is 0 Å². The molecule has 24 heavy (non-hydrogen) atoms. The Kier molecular flexibility index (Phi) is 6.09. The van der Waals surface area contributed by atoms with Crippen LogP contribution in [0.5, 0.6) is 0 Å². The molecule has 0 heterocycles. The number of benzene rings is 2. The van der Waals surface area contributed by atoms with Crippen LogP contribution in [0.1, 0.15) is 31.7 Å². The van der Waals surface area contributed by atoms with Crippen molar-refractivity contribution in [2.24, 2.45) is 0 Å². The maximum Gasteiger partial charge on any atom is 0.274 e. The van der Waals surface area contributed by atoms with E-state index in [1.807, 2.05) is 6.92 Å². The first-order valence-electron chi connectivity index (χ1n) is 7.67. The van der Waals surface area contributed by atoms with Gasteiger partial charge in [-0.15, -0.1) is 0 Å². The van der Waals surface area contributed by atoms with Crippen LogP contribution >= 0.6 is 0 Å². The first-order chi connectivity index (χ1) is 11.5. The van der Waals surface area contributed by atoms with Crippen LogP contribution in [0.15, 0.2) is 65.6 Å². The molecule has 2 aromatic rings. The molecule has 0 unspecified atom stereocenters. The number of allylic oxidation sites excluding steroid dienone is 1. The van der Waals surface area contributed by atoms with Gasteiger partial charge in [0.2, 0.25) is 0 Å². The van der Waals surface area contributed by atoms with E-state index in [4.69, 9.17) is 0 Å². The fourth-order valence-corrected chi connectivity index (χ4v) is 3.42. The number of sulfonamides is 1. The molecule has 2 rings (SSSR count). The Hall–Kier alpha value is -2.21. The summed E-state index contributed by atoms with van der Waals surface area (Å²) in [6.07, 6.45) is -0.209. The number of hydrogen-bond donors (Lipinski definition) is 1. The van der Waals surface area contributed by atoms with Gasteiger partial charge >= 0.3 is 0 Å². The van der Waals surface area contributed by atoms with E-state index in [0.717, 1.165) is 6.42 Å². The monoisotopic (exact) mass is 351 g/mol. The van der Waals surface area contributed by atoms with Crippen molar-refractivity contribution in [3.05, 3.63) is 66.2 Å². The topological polar surface area (TPSA) is 46.2 Å². The fraction of sp³-hybridized carbons (Fsp3) is 0.222. The molecule has 1 N–H and O–H groups in total. The standard InChI is InChI=1S/C18H19F2NO2S/c1-2-3-11-16(18(19)20)15-12-7-8-13-17(15)21-24(22,23)14-9-5-4-6-10-14/h4-10,12-13,21H,2-3,11H2,1H3. The zero-order valence-electron chi connectivity index (χ0n) is 13.3. The largest absolute Gasteiger partial charge is 0.279 e. The highest BCUT2D eigenvalue weighted by atomic mass is 32.2. The Balaban J connectivity index is 2.41. The van der Waals surface area contributed by atoms with Gasteiger partial charge < -0.3 is 0 Å². The van der Waals surface area contributed by atoms with Crippen LogP contribution in [0.25, 0.3) is 5.57 Å². The van der Waals surface area contributed by atoms with Gasteiger partial charge in [-0.1, -0.05) is 49.7 Å². The minimum Gasteiger partial charge on any atom is -0.279 e. The Morgan fingerprint density at radius 1 is 1.00 bits per heavy atom. The molecule has 0 atom stereocenters. The average molecular weight is 351 g/mol. The number of anilines is 1. The second kappa shape index (κ2) is 8.06. The summed E-state index contributed by atoms with van der Waals surface area (Å²) >= 11 is 0. The van der Waals surface area contributed by atoms with Crippen LogP contribution in [-0.4, -0.2) is 8.42 Å². The summed E-state index contributed by atoms with van der Waals surface area (Å²) in [6, 6.07) is 14.0. The van der Waals surface area contributed by atoms with Crippen molar-refractivity contribution in [3.8, 4) is 0 Å². The Morgan fingerprint density at radius 2 is 1.62 bits per heavy atom. The summed E-state index contributed by atoms with van der Waals surface area (Å²) in [6.45, 7) is 1.91. The normalized spacial score (nSPS) is 11.1. The first kappa shape index (κ1) is 18.1. The van der Waals surface area contributed by atoms with Gasteiger partial charge in [-0.25, -0.2) is 8.42 Å². The molecule has 0 amide bonds. The summed E-state index contributed by atoms with van der Waals surface area (Å²) in [7, 11) is -3.83. The van der Waals surface area contributed by atoms with E-state index in [9.17, 15) is 17.2 Å². The van der Waals surface area contributed by atoms with Crippen molar-refractivity contribution >= 4 is 21.3 Å². The molecule has 0 radical (unpaired) electrons. The Bertz CT molecular complexity index is 814. The SMILES string of the molecule is CCCCC(=C(F)F)c1ccccc1NS(=O)(=O)c1ccccc1. The highest BCUT2D eigenvalue weighted by Crippen LogP contribution is 2.32. The zero-order valence-corrected chi connectivity index (χ0v) is 14.1. The molecule has 6 heteroatoms. The molecule has 2 aromatic carbocycles. The second-order valence-corrected chi connectivity index (χ2v) is 6.99. The number of unbranched alkanes of at least 4 members (excludes halogenated alkanes) is 1. The van der Waals surface area contributed by atoms with Gasteiger partial charge in [0, 0.05) is 11.1 Å². The molecule has 0 saturated carbocycles. The van der Waals surface area contributed by atoms with E-state index < -0.39 is 16.1 Å². The van der Waals surface area contributed by atoms with Crippen LogP contribution in [0, 0.1) is 0 Å². The molecule has 0 spiro atoms. The predicted octanol–water partition coefficient (Wildman–Crippen LogP) is 5.29. The third-order valence-corrected chi connectivity index (χ3v) is 4.94. The molecule has 0 fully saturated rings. The van der Waals surface area contributed by atoms with Crippen molar-refractivity contribution in [1.29, 1.82) is 0 Å². The van der Waals surface area contributed by atoms with Crippen LogP contribution in [0.3, 0.4) is 0 Å². The average Bonchev–Trinajstić information content (AvgIpc) is 2.57. The molecule has 0 aliphatic rings. The summed E-state index contributed by atoms with van der Waals surface area (Å²) < 4.78 is 54.0. The predicted molar refractivity (Wildman–Crippen MR) is 92.4 cm³/mol. The molecule has 0 saturated heterocycles. The Morgan fingerprint density at radius 3 is 2.25 bits per heavy atom. The van der Waals surface area contributed by atoms with Gasteiger partial charge in [0.05, 0.1) is 10.6 Å². The third-order valence-electron chi connectivity index (χ3n) is 3.56. The molecule has 0 aromatic heterocycles. The summed E-state index contributed by atoms with van der Waals surface area (Å²) in [5.41, 5.74) is 0.244. The van der Waals surface area contributed by atoms with Crippen molar-refractivity contribution in [3.63, 3.8) is 0 Å². The van der Waals surface area contributed by atoms with Crippen LogP contribution in [0.4, 0.5) is 14.5 Å². The van der Waals surface area contributed by atoms with Crippen molar-refractivity contribution in [1.82, 2.24) is 0 Å². The minimum atomic E-state index is -3.83. The second-order valence-electron chi connectivity index (χ2n) is 5.31. The molecule has 0 bridgehead atoms. The van der Waals surface area contributed by atoms with Gasteiger partial charge in [0.25, 0.3) is 16.1 Å². The van der Waals surface area contributed by atoms with Crippen LogP contribution < -0.4 is 4.72 Å². The fourth-order valence-electron chi connectivity index (χ4n) is 2.32. The van der Waals surface area contributed by atoms with E-state index >= 15 is 0 Å². The van der Waals surface area contributed by atoms with E-state index in [1.54, 1.807) is 30.3 Å². The number of hydrogen-bond acceptors (Lipinski definition) is 2. The van der Waals surface area contributed by atoms with E-state index in [2.05, 4.69) is 4.72 Å². The number of para-hydroxylation sites is 1. The molecular formula is C18H19F2NO2S. The van der Waals surface area contributed by atoms with E-state index in [-0.39, 0.29) is 28.1 Å². The highest BCUT2D eigenvalue weighted by Gasteiger charge is 2.18. The first-order valence-corrected chi connectivity index (χ1v) is 9.15. The zero-order chi connectivity index (χ0) is 17.6. The lowest BCUT2D eigenvalue weighted by molar-refractivity contribution is 0.422. The molecular weight excluding hydrogens is 332 g/mol. The highest BCUT2D eigenvalue weighted by molar-refractivity contribution is 7.92. The Labute approximate surface area is 141 Å². The summed E-state index contributed by atoms with van der Waals surface area (Å²) in [5, 5.41) is 0. The molecule has 0 aliphatic carbocycles. The number of halogens is 2. The molecule has 128 valence electrons. The van der Waals surface area contributed by atoms with Crippen molar-refractivity contribution in [2.45, 2.75) is 31.1 Å². The van der Waals surface area contributed by atoms with Gasteiger partial charge in [-0.05, 0) is 31.0 Å². The minimum absolute atomic E-state index is 0.0830. The number of rotatable bonds is 7. The van der Waals surface area contributed by atoms with Gasteiger partial charge in [0.1, 0.15) is 0 Å². The summed E-state index contributed by atoms with van der Waals surface area (Å²) in [4.78, 5) is 0.0830. The lowest BCUT2D eigenvalue weighted by atomic mass is 10.00.